The first-order valence-electron chi connectivity index (χ1n) is 8.41. The average Bonchev–Trinajstić information content (AvgIpc) is 2.96. The number of piperidine rings is 1. The Morgan fingerprint density at radius 1 is 1.29 bits per heavy atom. The summed E-state index contributed by atoms with van der Waals surface area (Å²) in [7, 11) is 0. The quantitative estimate of drug-likeness (QED) is 0.902. The standard InChI is InChI=1S/C17H24F2N4O/c1-13(2)21-15(24)23-9-6-17(18,19)16(12-23)5-8-22(11-16)14-4-3-7-20-10-14/h3-4,7,10,13H,5-6,8-9,11-12H2,1-2H3,(H,21,24)/t16-/m1/s1. The van der Waals surface area contributed by atoms with Gasteiger partial charge in [-0.25, -0.2) is 13.6 Å². The van der Waals surface area contributed by atoms with E-state index in [9.17, 15) is 13.6 Å². The number of carbonyl (C=O) groups is 1. The number of alkyl halides is 2. The number of likely N-dealkylation sites (tertiary alicyclic amines) is 1. The van der Waals surface area contributed by atoms with Crippen molar-refractivity contribution in [2.24, 2.45) is 5.41 Å². The SMILES string of the molecule is CC(C)NC(=O)N1CCC(F)(F)[C@@]2(CCN(c3cccnc3)C2)C1. The molecule has 1 N–H and O–H groups in total. The molecule has 2 amide bonds. The summed E-state index contributed by atoms with van der Waals surface area (Å²) in [6, 6.07) is 3.43. The first-order valence-corrected chi connectivity index (χ1v) is 8.41. The van der Waals surface area contributed by atoms with Crippen molar-refractivity contribution in [1.82, 2.24) is 15.2 Å². The lowest BCUT2D eigenvalue weighted by atomic mass is 9.75. The highest BCUT2D eigenvalue weighted by molar-refractivity contribution is 5.74. The van der Waals surface area contributed by atoms with Gasteiger partial charge in [-0.1, -0.05) is 0 Å². The van der Waals surface area contributed by atoms with E-state index >= 15 is 0 Å². The van der Waals surface area contributed by atoms with E-state index < -0.39 is 11.3 Å². The minimum Gasteiger partial charge on any atom is -0.369 e. The number of amides is 2. The van der Waals surface area contributed by atoms with Crippen molar-refractivity contribution in [3.05, 3.63) is 24.5 Å². The summed E-state index contributed by atoms with van der Waals surface area (Å²) < 4.78 is 29.5. The molecule has 2 aliphatic heterocycles. The number of rotatable bonds is 2. The van der Waals surface area contributed by atoms with Crippen molar-refractivity contribution < 1.29 is 13.6 Å². The van der Waals surface area contributed by atoms with Gasteiger partial charge in [0, 0.05) is 44.8 Å². The van der Waals surface area contributed by atoms with Gasteiger partial charge in [0.05, 0.1) is 17.3 Å². The third kappa shape index (κ3) is 3.03. The molecular weight excluding hydrogens is 314 g/mol. The van der Waals surface area contributed by atoms with Gasteiger partial charge in [0.1, 0.15) is 0 Å². The lowest BCUT2D eigenvalue weighted by Gasteiger charge is -2.46. The molecule has 5 nitrogen and oxygen atoms in total. The second kappa shape index (κ2) is 6.18. The molecule has 0 unspecified atom stereocenters. The summed E-state index contributed by atoms with van der Waals surface area (Å²) in [4.78, 5) is 19.8. The zero-order chi connectivity index (χ0) is 17.4. The van der Waals surface area contributed by atoms with Crippen LogP contribution < -0.4 is 10.2 Å². The smallest absolute Gasteiger partial charge is 0.317 e. The highest BCUT2D eigenvalue weighted by atomic mass is 19.3. The molecule has 0 bridgehead atoms. The van der Waals surface area contributed by atoms with Crippen molar-refractivity contribution in [2.45, 2.75) is 38.7 Å². The van der Waals surface area contributed by atoms with Gasteiger partial charge >= 0.3 is 6.03 Å². The molecule has 1 aromatic heterocycles. The molecule has 1 spiro atoms. The minimum atomic E-state index is -2.77. The first-order chi connectivity index (χ1) is 11.3. The average molecular weight is 338 g/mol. The summed E-state index contributed by atoms with van der Waals surface area (Å²) in [6.07, 6.45) is 3.46. The highest BCUT2D eigenvalue weighted by Crippen LogP contribution is 2.50. The molecule has 7 heteroatoms. The second-order valence-electron chi connectivity index (χ2n) is 7.14. The topological polar surface area (TPSA) is 48.5 Å². The van der Waals surface area contributed by atoms with Crippen molar-refractivity contribution in [3.8, 4) is 0 Å². The number of urea groups is 1. The number of nitrogens with zero attached hydrogens (tertiary/aromatic N) is 3. The van der Waals surface area contributed by atoms with Crippen LogP contribution in [0.15, 0.2) is 24.5 Å². The van der Waals surface area contributed by atoms with Gasteiger partial charge in [-0.15, -0.1) is 0 Å². The third-order valence-electron chi connectivity index (χ3n) is 5.03. The summed E-state index contributed by atoms with van der Waals surface area (Å²) in [5, 5.41) is 2.81. The fourth-order valence-electron chi connectivity index (χ4n) is 3.67. The molecule has 1 atom stereocenters. The molecule has 3 heterocycles. The number of hydrogen-bond donors (Lipinski definition) is 1. The van der Waals surface area contributed by atoms with Gasteiger partial charge in [0.2, 0.25) is 0 Å². The van der Waals surface area contributed by atoms with Gasteiger partial charge in [-0.05, 0) is 32.4 Å². The molecule has 2 fully saturated rings. The lowest BCUT2D eigenvalue weighted by Crippen LogP contribution is -2.60. The number of aromatic nitrogens is 1. The number of carbonyl (C=O) groups excluding carboxylic acids is 1. The fraction of sp³-hybridized carbons (Fsp3) is 0.647. The van der Waals surface area contributed by atoms with Gasteiger partial charge in [0.25, 0.3) is 5.92 Å². The largest absolute Gasteiger partial charge is 0.369 e. The molecule has 0 saturated carbocycles. The van der Waals surface area contributed by atoms with Crippen LogP contribution in [-0.2, 0) is 0 Å². The van der Waals surface area contributed by atoms with Crippen molar-refractivity contribution >= 4 is 11.7 Å². The number of nitrogens with one attached hydrogen (secondary N) is 1. The lowest BCUT2D eigenvalue weighted by molar-refractivity contribution is -0.149. The van der Waals surface area contributed by atoms with E-state index in [0.29, 0.717) is 13.0 Å². The molecule has 2 aliphatic rings. The molecule has 2 saturated heterocycles. The molecule has 132 valence electrons. The Labute approximate surface area is 141 Å². The van der Waals surface area contributed by atoms with E-state index in [1.165, 1.54) is 0 Å². The van der Waals surface area contributed by atoms with Crippen LogP contribution in [0.2, 0.25) is 0 Å². The van der Waals surface area contributed by atoms with Gasteiger partial charge < -0.3 is 15.1 Å². The molecular formula is C17H24F2N4O. The van der Waals surface area contributed by atoms with E-state index in [0.717, 1.165) is 5.69 Å². The number of anilines is 1. The Morgan fingerprint density at radius 3 is 2.75 bits per heavy atom. The summed E-state index contributed by atoms with van der Waals surface area (Å²) >= 11 is 0. The maximum Gasteiger partial charge on any atom is 0.317 e. The van der Waals surface area contributed by atoms with E-state index in [2.05, 4.69) is 10.3 Å². The van der Waals surface area contributed by atoms with E-state index in [-0.39, 0.29) is 38.1 Å². The second-order valence-corrected chi connectivity index (χ2v) is 7.14. The number of halogens is 2. The molecule has 0 aliphatic carbocycles. The summed E-state index contributed by atoms with van der Waals surface area (Å²) in [5.41, 5.74) is -0.330. The zero-order valence-electron chi connectivity index (χ0n) is 14.1. The van der Waals surface area contributed by atoms with Gasteiger partial charge in [-0.2, -0.15) is 0 Å². The summed E-state index contributed by atoms with van der Waals surface area (Å²) in [6.45, 7) is 4.73. The Morgan fingerprint density at radius 2 is 2.08 bits per heavy atom. The van der Waals surface area contributed by atoms with Crippen LogP contribution >= 0.6 is 0 Å². The van der Waals surface area contributed by atoms with Crippen LogP contribution in [0.4, 0.5) is 19.3 Å². The Bertz CT molecular complexity index is 596. The molecule has 0 aromatic carbocycles. The Balaban J connectivity index is 1.78. The first kappa shape index (κ1) is 16.9. The zero-order valence-corrected chi connectivity index (χ0v) is 14.1. The predicted octanol–water partition coefficient (Wildman–Crippen LogP) is 2.74. The van der Waals surface area contributed by atoms with Crippen molar-refractivity contribution in [3.63, 3.8) is 0 Å². The highest BCUT2D eigenvalue weighted by Gasteiger charge is 2.60. The van der Waals surface area contributed by atoms with Gasteiger partial charge in [0.15, 0.2) is 0 Å². The Kier molecular flexibility index (Phi) is 4.36. The number of hydrogen-bond acceptors (Lipinski definition) is 3. The number of pyridine rings is 1. The predicted molar refractivity (Wildman–Crippen MR) is 88.3 cm³/mol. The van der Waals surface area contributed by atoms with Crippen LogP contribution in [0.25, 0.3) is 0 Å². The van der Waals surface area contributed by atoms with Crippen LogP contribution in [0.3, 0.4) is 0 Å². The molecule has 0 radical (unpaired) electrons. The van der Waals surface area contributed by atoms with Crippen LogP contribution in [0, 0.1) is 5.41 Å². The van der Waals surface area contributed by atoms with E-state index in [4.69, 9.17) is 0 Å². The molecule has 1 aromatic rings. The Hall–Kier alpha value is -1.92. The normalized spacial score (nSPS) is 26.2. The van der Waals surface area contributed by atoms with Crippen molar-refractivity contribution in [2.75, 3.05) is 31.1 Å². The third-order valence-corrected chi connectivity index (χ3v) is 5.03. The summed E-state index contributed by atoms with van der Waals surface area (Å²) in [5.74, 6) is -2.77. The van der Waals surface area contributed by atoms with Crippen LogP contribution in [0.1, 0.15) is 26.7 Å². The van der Waals surface area contributed by atoms with E-state index in [1.54, 1.807) is 17.3 Å². The minimum absolute atomic E-state index is 0.00800. The van der Waals surface area contributed by atoms with Crippen LogP contribution in [-0.4, -0.2) is 54.1 Å². The molecule has 24 heavy (non-hydrogen) atoms. The maximum absolute atomic E-state index is 14.8. The molecule has 3 rings (SSSR count). The fourth-order valence-corrected chi connectivity index (χ4v) is 3.67. The van der Waals surface area contributed by atoms with E-state index in [1.807, 2.05) is 30.9 Å². The maximum atomic E-state index is 14.8. The van der Waals surface area contributed by atoms with Gasteiger partial charge in [-0.3, -0.25) is 4.98 Å². The van der Waals surface area contributed by atoms with Crippen molar-refractivity contribution in [1.29, 1.82) is 0 Å². The van der Waals surface area contributed by atoms with Crippen LogP contribution in [0.5, 0.6) is 0 Å². The monoisotopic (exact) mass is 338 g/mol.